The summed E-state index contributed by atoms with van der Waals surface area (Å²) in [5.41, 5.74) is 2.62. The number of aromatic amines is 1. The minimum absolute atomic E-state index is 0.0574. The summed E-state index contributed by atoms with van der Waals surface area (Å²) in [6.45, 7) is 0. The Balaban J connectivity index is 2.15. The number of carbonyl (C=O) groups is 1. The summed E-state index contributed by atoms with van der Waals surface area (Å²) < 4.78 is 0. The lowest BCUT2D eigenvalue weighted by atomic mass is 10.0. The highest BCUT2D eigenvalue weighted by molar-refractivity contribution is 6.31. The molecule has 0 radical (unpaired) electrons. The van der Waals surface area contributed by atoms with Gasteiger partial charge in [-0.15, -0.1) is 0 Å². The predicted octanol–water partition coefficient (Wildman–Crippen LogP) is 3.49. The molecule has 100 valence electrons. The van der Waals surface area contributed by atoms with Crippen LogP contribution in [0.1, 0.15) is 15.9 Å². The maximum Gasteiger partial charge on any atom is 0.195 e. The summed E-state index contributed by atoms with van der Waals surface area (Å²) in [6, 6.07) is 8.77. The molecule has 1 aromatic carbocycles. The average Bonchev–Trinajstić information content (AvgIpc) is 2.94. The Morgan fingerprint density at radius 1 is 1.25 bits per heavy atom. The first-order valence-electron chi connectivity index (χ1n) is 6.15. The molecule has 0 spiro atoms. The zero-order valence-corrected chi connectivity index (χ0v) is 11.5. The number of halogens is 1. The van der Waals surface area contributed by atoms with Crippen molar-refractivity contribution in [2.45, 2.75) is 0 Å². The number of hydrogen-bond acceptors (Lipinski definition) is 3. The van der Waals surface area contributed by atoms with Crippen LogP contribution in [-0.2, 0) is 0 Å². The van der Waals surface area contributed by atoms with Gasteiger partial charge < -0.3 is 10.3 Å². The number of nitrogens with zero attached hydrogens (tertiary/aromatic N) is 1. The highest BCUT2D eigenvalue weighted by Gasteiger charge is 2.16. The van der Waals surface area contributed by atoms with Crippen molar-refractivity contribution in [1.29, 1.82) is 0 Å². The Hall–Kier alpha value is -2.33. The number of nitrogens with one attached hydrogen (secondary N) is 2. The van der Waals surface area contributed by atoms with E-state index < -0.39 is 0 Å². The molecule has 0 unspecified atom stereocenters. The zero-order valence-electron chi connectivity index (χ0n) is 10.8. The van der Waals surface area contributed by atoms with Crippen molar-refractivity contribution in [3.05, 3.63) is 58.9 Å². The van der Waals surface area contributed by atoms with Gasteiger partial charge in [0.25, 0.3) is 0 Å². The lowest BCUT2D eigenvalue weighted by Crippen LogP contribution is -2.06. The predicted molar refractivity (Wildman–Crippen MR) is 80.5 cm³/mol. The fourth-order valence-corrected chi connectivity index (χ4v) is 2.40. The van der Waals surface area contributed by atoms with Gasteiger partial charge in [0.2, 0.25) is 0 Å². The van der Waals surface area contributed by atoms with Crippen LogP contribution in [0.5, 0.6) is 0 Å². The van der Waals surface area contributed by atoms with E-state index in [1.54, 1.807) is 43.7 Å². The molecule has 5 heteroatoms. The van der Waals surface area contributed by atoms with Crippen molar-refractivity contribution in [1.82, 2.24) is 9.97 Å². The quantitative estimate of drug-likeness (QED) is 0.724. The molecule has 0 atom stereocenters. The number of hydrogen-bond donors (Lipinski definition) is 2. The Morgan fingerprint density at radius 2 is 2.10 bits per heavy atom. The molecule has 2 heterocycles. The van der Waals surface area contributed by atoms with Gasteiger partial charge in [0.05, 0.1) is 0 Å². The molecule has 4 nitrogen and oxygen atoms in total. The van der Waals surface area contributed by atoms with Crippen LogP contribution >= 0.6 is 11.6 Å². The molecular weight excluding hydrogens is 274 g/mol. The number of aromatic nitrogens is 2. The number of anilines is 1. The van der Waals surface area contributed by atoms with Crippen LogP contribution in [0.3, 0.4) is 0 Å². The SMILES string of the molecule is CNc1cc(Cl)ccc1C(=O)c1ccnc2[nH]ccc12. The molecule has 3 rings (SSSR count). The van der Waals surface area contributed by atoms with Gasteiger partial charge in [-0.2, -0.15) is 0 Å². The minimum Gasteiger partial charge on any atom is -0.387 e. The van der Waals surface area contributed by atoms with Crippen LogP contribution < -0.4 is 5.32 Å². The smallest absolute Gasteiger partial charge is 0.195 e. The van der Waals surface area contributed by atoms with Gasteiger partial charge in [0.1, 0.15) is 5.65 Å². The highest BCUT2D eigenvalue weighted by Crippen LogP contribution is 2.25. The summed E-state index contributed by atoms with van der Waals surface area (Å²) in [5, 5.41) is 4.40. The van der Waals surface area contributed by atoms with E-state index in [4.69, 9.17) is 11.6 Å². The fraction of sp³-hybridized carbons (Fsp3) is 0.0667. The first kappa shape index (κ1) is 12.7. The maximum absolute atomic E-state index is 12.7. The summed E-state index contributed by atoms with van der Waals surface area (Å²) in [5.74, 6) is -0.0574. The van der Waals surface area contributed by atoms with E-state index in [1.165, 1.54) is 0 Å². The molecule has 0 bridgehead atoms. The molecule has 0 aliphatic heterocycles. The van der Waals surface area contributed by atoms with Crippen molar-refractivity contribution in [3.63, 3.8) is 0 Å². The van der Waals surface area contributed by atoms with Crippen LogP contribution in [0.2, 0.25) is 5.02 Å². The largest absolute Gasteiger partial charge is 0.387 e. The molecule has 0 amide bonds. The van der Waals surface area contributed by atoms with Crippen molar-refractivity contribution in [3.8, 4) is 0 Å². The molecule has 0 saturated heterocycles. The number of benzene rings is 1. The first-order chi connectivity index (χ1) is 9.70. The highest BCUT2D eigenvalue weighted by atomic mass is 35.5. The van der Waals surface area contributed by atoms with E-state index in [1.807, 2.05) is 6.07 Å². The fourth-order valence-electron chi connectivity index (χ4n) is 2.23. The van der Waals surface area contributed by atoms with Crippen molar-refractivity contribution >= 4 is 34.1 Å². The second kappa shape index (κ2) is 4.98. The summed E-state index contributed by atoms with van der Waals surface area (Å²) in [4.78, 5) is 19.9. The zero-order chi connectivity index (χ0) is 14.1. The van der Waals surface area contributed by atoms with E-state index in [0.717, 1.165) is 5.39 Å². The number of fused-ring (bicyclic) bond motifs is 1. The number of pyridine rings is 1. The van der Waals surface area contributed by atoms with Crippen molar-refractivity contribution in [2.24, 2.45) is 0 Å². The molecule has 0 aliphatic carbocycles. The van der Waals surface area contributed by atoms with Crippen LogP contribution in [0, 0.1) is 0 Å². The third-order valence-corrected chi connectivity index (χ3v) is 3.44. The summed E-state index contributed by atoms with van der Waals surface area (Å²) in [6.07, 6.45) is 3.40. The lowest BCUT2D eigenvalue weighted by Gasteiger charge is -2.09. The van der Waals surface area contributed by atoms with E-state index in [9.17, 15) is 4.79 Å². The average molecular weight is 286 g/mol. The van der Waals surface area contributed by atoms with Gasteiger partial charge >= 0.3 is 0 Å². The number of carbonyl (C=O) groups excluding carboxylic acids is 1. The second-order valence-electron chi connectivity index (χ2n) is 4.37. The van der Waals surface area contributed by atoms with Gasteiger partial charge in [-0.05, 0) is 30.3 Å². The Kier molecular flexibility index (Phi) is 3.16. The Bertz CT molecular complexity index is 795. The molecule has 3 aromatic rings. The third kappa shape index (κ3) is 2.04. The molecule has 2 N–H and O–H groups in total. The second-order valence-corrected chi connectivity index (χ2v) is 4.80. The van der Waals surface area contributed by atoms with Crippen molar-refractivity contribution in [2.75, 3.05) is 12.4 Å². The molecule has 0 fully saturated rings. The lowest BCUT2D eigenvalue weighted by molar-refractivity contribution is 0.104. The number of H-pyrrole nitrogens is 1. The summed E-state index contributed by atoms with van der Waals surface area (Å²) >= 11 is 5.96. The first-order valence-corrected chi connectivity index (χ1v) is 6.52. The standard InChI is InChI=1S/C15H12ClN3O/c1-17-13-8-9(16)2-3-12(13)14(20)10-4-6-18-15-11(10)5-7-19-15/h2-8,17H,1H3,(H,18,19). The van der Waals surface area contributed by atoms with E-state index in [2.05, 4.69) is 15.3 Å². The van der Waals surface area contributed by atoms with Crippen molar-refractivity contribution < 1.29 is 4.79 Å². The van der Waals surface area contributed by atoms with Gasteiger partial charge in [-0.1, -0.05) is 11.6 Å². The normalized spacial score (nSPS) is 10.7. The van der Waals surface area contributed by atoms with Gasteiger partial charge in [0.15, 0.2) is 5.78 Å². The third-order valence-electron chi connectivity index (χ3n) is 3.20. The van der Waals surface area contributed by atoms with Crippen LogP contribution in [0.4, 0.5) is 5.69 Å². The summed E-state index contributed by atoms with van der Waals surface area (Å²) in [7, 11) is 1.76. The Morgan fingerprint density at radius 3 is 2.90 bits per heavy atom. The topological polar surface area (TPSA) is 57.8 Å². The number of rotatable bonds is 3. The molecule has 0 aliphatic rings. The van der Waals surface area contributed by atoms with Gasteiger partial charge in [-0.3, -0.25) is 4.79 Å². The van der Waals surface area contributed by atoms with E-state index in [-0.39, 0.29) is 5.78 Å². The van der Waals surface area contributed by atoms with Crippen LogP contribution in [0.15, 0.2) is 42.7 Å². The maximum atomic E-state index is 12.7. The van der Waals surface area contributed by atoms with E-state index >= 15 is 0 Å². The van der Waals surface area contributed by atoms with Gasteiger partial charge in [0, 0.05) is 46.7 Å². The molecule has 20 heavy (non-hydrogen) atoms. The Labute approximate surface area is 120 Å². The van der Waals surface area contributed by atoms with Crippen LogP contribution in [-0.4, -0.2) is 22.8 Å². The van der Waals surface area contributed by atoms with Gasteiger partial charge in [-0.25, -0.2) is 4.98 Å². The molecule has 2 aromatic heterocycles. The van der Waals surface area contributed by atoms with Crippen LogP contribution in [0.25, 0.3) is 11.0 Å². The minimum atomic E-state index is -0.0574. The van der Waals surface area contributed by atoms with E-state index in [0.29, 0.717) is 27.5 Å². The number of ketones is 1. The monoisotopic (exact) mass is 285 g/mol. The molecule has 0 saturated carbocycles. The molecular formula is C15H12ClN3O.